The van der Waals surface area contributed by atoms with Crippen molar-refractivity contribution < 1.29 is 0 Å². The van der Waals surface area contributed by atoms with Gasteiger partial charge in [0.25, 0.3) is 0 Å². The largest absolute Gasteiger partial charge is 0.347 e. The van der Waals surface area contributed by atoms with E-state index in [4.69, 9.17) is 9.98 Å². The molecule has 0 saturated carbocycles. The molecule has 0 saturated heterocycles. The number of hydrogen-bond donors (Lipinski definition) is 1. The number of nitrogens with zero attached hydrogens (tertiary/aromatic N) is 5. The Balaban J connectivity index is 1.33. The molecule has 7 aromatic rings. The fourth-order valence-electron chi connectivity index (χ4n) is 7.02. The summed E-state index contributed by atoms with van der Waals surface area (Å²) >= 11 is 0. The summed E-state index contributed by atoms with van der Waals surface area (Å²) in [6.07, 6.45) is 6.32. The number of amidine groups is 1. The SMILES string of the molecule is N#CC1=CC=CC(C2N=C(n3c4ccccc4c4cc5c6ccccc6n(-c6ccccc6)c5cc43)N=C(c3ccccc3)N2)C1. The molecule has 9 rings (SSSR count). The minimum atomic E-state index is -0.299. The number of para-hydroxylation sites is 3. The van der Waals surface area contributed by atoms with Gasteiger partial charge in [0, 0.05) is 44.3 Å². The van der Waals surface area contributed by atoms with Crippen molar-refractivity contribution in [3.63, 3.8) is 0 Å². The second kappa shape index (κ2) is 10.5. The second-order valence-corrected chi connectivity index (χ2v) is 11.8. The zero-order valence-electron chi connectivity index (χ0n) is 24.9. The highest BCUT2D eigenvalue weighted by molar-refractivity contribution is 6.22. The summed E-state index contributed by atoms with van der Waals surface area (Å²) in [7, 11) is 0. The minimum Gasteiger partial charge on any atom is -0.347 e. The molecule has 2 atom stereocenters. The van der Waals surface area contributed by atoms with Crippen molar-refractivity contribution in [1.29, 1.82) is 5.26 Å². The molecule has 1 N–H and O–H groups in total. The van der Waals surface area contributed by atoms with Crippen LogP contribution in [0.3, 0.4) is 0 Å². The third kappa shape index (κ3) is 4.10. The van der Waals surface area contributed by atoms with Gasteiger partial charge < -0.3 is 9.88 Å². The van der Waals surface area contributed by atoms with Gasteiger partial charge in [0.1, 0.15) is 12.0 Å². The first-order chi connectivity index (χ1) is 22.8. The average Bonchev–Trinajstić information content (AvgIpc) is 3.63. The number of fused-ring (bicyclic) bond motifs is 6. The molecule has 46 heavy (non-hydrogen) atoms. The van der Waals surface area contributed by atoms with Gasteiger partial charge in [0.15, 0.2) is 0 Å². The van der Waals surface area contributed by atoms with Gasteiger partial charge in [-0.05, 0) is 48.9 Å². The van der Waals surface area contributed by atoms with Gasteiger partial charge in [0.05, 0.1) is 28.1 Å². The molecule has 0 amide bonds. The Hall–Kier alpha value is -6.19. The van der Waals surface area contributed by atoms with Crippen molar-refractivity contribution in [3.8, 4) is 11.8 Å². The number of aliphatic imine (C=N–C) groups is 2. The van der Waals surface area contributed by atoms with Crippen molar-refractivity contribution >= 4 is 55.4 Å². The third-order valence-electron chi connectivity index (χ3n) is 9.14. The van der Waals surface area contributed by atoms with E-state index in [0.29, 0.717) is 12.4 Å². The number of aromatic nitrogens is 2. The number of rotatable bonds is 3. The molecule has 2 aromatic heterocycles. The number of allylic oxidation sites excluding steroid dienone is 3. The maximum Gasteiger partial charge on any atom is 0.234 e. The van der Waals surface area contributed by atoms with Crippen LogP contribution in [0.2, 0.25) is 0 Å². The molecule has 0 fully saturated rings. The van der Waals surface area contributed by atoms with E-state index < -0.39 is 0 Å². The fourth-order valence-corrected chi connectivity index (χ4v) is 7.02. The first-order valence-electron chi connectivity index (χ1n) is 15.5. The Labute approximate surface area is 265 Å². The van der Waals surface area contributed by atoms with Gasteiger partial charge >= 0.3 is 0 Å². The Morgan fingerprint density at radius 2 is 1.30 bits per heavy atom. The average molecular weight is 593 g/mol. The molecule has 2 aliphatic rings. The van der Waals surface area contributed by atoms with Gasteiger partial charge in [-0.25, -0.2) is 4.99 Å². The molecular weight excluding hydrogens is 564 g/mol. The highest BCUT2D eigenvalue weighted by atomic mass is 15.3. The lowest BCUT2D eigenvalue weighted by Crippen LogP contribution is -2.44. The highest BCUT2D eigenvalue weighted by Crippen LogP contribution is 2.39. The number of benzene rings is 5. The summed E-state index contributed by atoms with van der Waals surface area (Å²) in [5.41, 5.74) is 7.24. The summed E-state index contributed by atoms with van der Waals surface area (Å²) in [5, 5.41) is 18.0. The van der Waals surface area contributed by atoms with E-state index >= 15 is 0 Å². The number of nitriles is 1. The van der Waals surface area contributed by atoms with Gasteiger partial charge in [-0.3, -0.25) is 4.57 Å². The van der Waals surface area contributed by atoms with Crippen LogP contribution < -0.4 is 5.32 Å². The highest BCUT2D eigenvalue weighted by Gasteiger charge is 2.29. The molecule has 218 valence electrons. The van der Waals surface area contributed by atoms with E-state index in [1.54, 1.807) is 0 Å². The second-order valence-electron chi connectivity index (χ2n) is 11.8. The molecule has 0 radical (unpaired) electrons. The standard InChI is InChI=1S/C40H28N6/c41-25-26-12-11-15-28(22-26)39-42-38(27-13-3-1-4-14-27)43-40(44-39)46-35-21-10-8-19-31(35)33-23-32-30-18-7-9-20-34(30)45(36(32)24-37(33)46)29-16-5-2-6-17-29/h1-21,23-24,28,39H,22H2,(H,42,43,44). The van der Waals surface area contributed by atoms with Crippen molar-refractivity contribution in [1.82, 2.24) is 14.5 Å². The Kier molecular flexibility index (Phi) is 5.97. The van der Waals surface area contributed by atoms with Crippen LogP contribution >= 0.6 is 0 Å². The normalized spacial score (nSPS) is 17.9. The Morgan fingerprint density at radius 1 is 0.674 bits per heavy atom. The molecule has 1 aliphatic heterocycles. The summed E-state index contributed by atoms with van der Waals surface area (Å²) < 4.78 is 4.56. The lowest BCUT2D eigenvalue weighted by Gasteiger charge is -2.29. The number of hydrogen-bond acceptors (Lipinski definition) is 4. The summed E-state index contributed by atoms with van der Waals surface area (Å²) in [6.45, 7) is 0. The Bertz CT molecular complexity index is 2490. The van der Waals surface area contributed by atoms with Crippen LogP contribution in [0.1, 0.15) is 12.0 Å². The molecule has 3 heterocycles. The summed E-state index contributed by atoms with van der Waals surface area (Å²) in [6, 6.07) is 44.8. The van der Waals surface area contributed by atoms with Gasteiger partial charge in [-0.2, -0.15) is 10.3 Å². The van der Waals surface area contributed by atoms with Crippen LogP contribution in [0.25, 0.3) is 49.3 Å². The first-order valence-corrected chi connectivity index (χ1v) is 15.5. The predicted molar refractivity (Wildman–Crippen MR) is 187 cm³/mol. The van der Waals surface area contributed by atoms with E-state index in [1.165, 1.54) is 16.3 Å². The first kappa shape index (κ1) is 26.2. The van der Waals surface area contributed by atoms with Crippen molar-refractivity contribution in [2.75, 3.05) is 0 Å². The van der Waals surface area contributed by atoms with Gasteiger partial charge in [-0.1, -0.05) is 97.1 Å². The zero-order chi connectivity index (χ0) is 30.6. The van der Waals surface area contributed by atoms with Gasteiger partial charge in [-0.15, -0.1) is 0 Å². The smallest absolute Gasteiger partial charge is 0.234 e. The van der Waals surface area contributed by atoms with E-state index in [2.05, 4.69) is 130 Å². The third-order valence-corrected chi connectivity index (χ3v) is 9.14. The molecule has 5 aromatic carbocycles. The topological polar surface area (TPSA) is 70.4 Å². The molecule has 2 unspecified atom stereocenters. The summed E-state index contributed by atoms with van der Waals surface area (Å²) in [4.78, 5) is 10.5. The maximum absolute atomic E-state index is 9.68. The van der Waals surface area contributed by atoms with E-state index in [1.807, 2.05) is 30.4 Å². The molecule has 1 aliphatic carbocycles. The van der Waals surface area contributed by atoms with E-state index in [9.17, 15) is 5.26 Å². The van der Waals surface area contributed by atoms with Crippen molar-refractivity contribution in [3.05, 3.63) is 151 Å². The lowest BCUT2D eigenvalue weighted by atomic mass is 9.92. The predicted octanol–water partition coefficient (Wildman–Crippen LogP) is 8.50. The quantitative estimate of drug-likeness (QED) is 0.224. The summed E-state index contributed by atoms with van der Waals surface area (Å²) in [5.74, 6) is 1.39. The molecule has 6 nitrogen and oxygen atoms in total. The Morgan fingerprint density at radius 3 is 2.02 bits per heavy atom. The minimum absolute atomic E-state index is 0.00395. The van der Waals surface area contributed by atoms with Gasteiger partial charge in [0.2, 0.25) is 5.96 Å². The van der Waals surface area contributed by atoms with Crippen LogP contribution in [0.15, 0.2) is 155 Å². The lowest BCUT2D eigenvalue weighted by molar-refractivity contribution is 0.469. The molecule has 0 bridgehead atoms. The molecule has 6 heteroatoms. The van der Waals surface area contributed by atoms with Crippen LogP contribution in [0.5, 0.6) is 0 Å². The van der Waals surface area contributed by atoms with Crippen LogP contribution in [0.4, 0.5) is 0 Å². The van der Waals surface area contributed by atoms with Crippen LogP contribution in [-0.2, 0) is 0 Å². The molecule has 0 spiro atoms. The van der Waals surface area contributed by atoms with Crippen molar-refractivity contribution in [2.24, 2.45) is 15.9 Å². The monoisotopic (exact) mass is 592 g/mol. The van der Waals surface area contributed by atoms with E-state index in [-0.39, 0.29) is 12.1 Å². The zero-order valence-corrected chi connectivity index (χ0v) is 24.9. The molecular formula is C40H28N6. The maximum atomic E-state index is 9.68. The van der Waals surface area contributed by atoms with Crippen LogP contribution in [-0.4, -0.2) is 27.1 Å². The fraction of sp³-hybridized carbons (Fsp3) is 0.0750. The van der Waals surface area contributed by atoms with E-state index in [0.717, 1.165) is 50.0 Å². The van der Waals surface area contributed by atoms with Crippen LogP contribution in [0, 0.1) is 17.2 Å². The van der Waals surface area contributed by atoms with Crippen molar-refractivity contribution in [2.45, 2.75) is 12.6 Å². The number of nitrogens with one attached hydrogen (secondary N) is 1.